The Morgan fingerprint density at radius 1 is 1.28 bits per heavy atom. The minimum atomic E-state index is -4.89. The number of aromatic amines is 1. The minimum Gasteiger partial charge on any atom is -0.334 e. The van der Waals surface area contributed by atoms with Crippen molar-refractivity contribution in [1.29, 1.82) is 0 Å². The summed E-state index contributed by atoms with van der Waals surface area (Å²) in [5.74, 6) is -5.21. The molecule has 0 spiro atoms. The summed E-state index contributed by atoms with van der Waals surface area (Å²) in [5, 5.41) is 10.4. The van der Waals surface area contributed by atoms with Crippen LogP contribution >= 0.6 is 0 Å². The van der Waals surface area contributed by atoms with Crippen molar-refractivity contribution in [3.8, 4) is 0 Å². The molecule has 96 valence electrons. The van der Waals surface area contributed by atoms with Crippen molar-refractivity contribution < 1.29 is 26.9 Å². The van der Waals surface area contributed by atoms with E-state index in [1.165, 1.54) is 0 Å². The van der Waals surface area contributed by atoms with Crippen molar-refractivity contribution in [2.24, 2.45) is 0 Å². The number of aromatic nitrogens is 2. The van der Waals surface area contributed by atoms with Gasteiger partial charge < -0.3 is 4.98 Å². The third-order valence-electron chi connectivity index (χ3n) is 2.10. The van der Waals surface area contributed by atoms with Gasteiger partial charge in [0.1, 0.15) is 5.52 Å². The number of benzene rings is 1. The van der Waals surface area contributed by atoms with E-state index < -0.39 is 45.3 Å². The molecule has 0 saturated heterocycles. The first-order valence-corrected chi connectivity index (χ1v) is 4.31. The molecule has 0 aliphatic carbocycles. The molecule has 0 amide bonds. The van der Waals surface area contributed by atoms with Gasteiger partial charge in [-0.3, -0.25) is 10.1 Å². The number of H-pyrrole nitrogens is 1. The predicted molar refractivity (Wildman–Crippen MR) is 47.7 cm³/mol. The van der Waals surface area contributed by atoms with Crippen molar-refractivity contribution in [2.45, 2.75) is 6.18 Å². The van der Waals surface area contributed by atoms with E-state index in [0.717, 1.165) is 0 Å². The normalized spacial score (nSPS) is 12.1. The quantitative estimate of drug-likeness (QED) is 0.490. The molecule has 0 saturated carbocycles. The van der Waals surface area contributed by atoms with Crippen LogP contribution in [0.2, 0.25) is 0 Å². The van der Waals surface area contributed by atoms with Crippen LogP contribution < -0.4 is 0 Å². The third-order valence-corrected chi connectivity index (χ3v) is 2.10. The van der Waals surface area contributed by atoms with Crippen molar-refractivity contribution >= 4 is 16.7 Å². The van der Waals surface area contributed by atoms with E-state index in [2.05, 4.69) is 4.98 Å². The fourth-order valence-electron chi connectivity index (χ4n) is 1.34. The van der Waals surface area contributed by atoms with Crippen molar-refractivity contribution in [1.82, 2.24) is 9.97 Å². The number of nitro benzene ring substituents is 1. The van der Waals surface area contributed by atoms with Crippen LogP contribution in [0.15, 0.2) is 6.07 Å². The Morgan fingerprint density at radius 2 is 1.89 bits per heavy atom. The number of hydrogen-bond donors (Lipinski definition) is 1. The molecule has 1 N–H and O–H groups in total. The predicted octanol–water partition coefficient (Wildman–Crippen LogP) is 2.77. The number of nitrogens with zero attached hydrogens (tertiary/aromatic N) is 2. The zero-order valence-electron chi connectivity index (χ0n) is 8.18. The Bertz CT molecular complexity index is 648. The molecule has 18 heavy (non-hydrogen) atoms. The van der Waals surface area contributed by atoms with Crippen LogP contribution in [0.25, 0.3) is 11.0 Å². The van der Waals surface area contributed by atoms with Crippen LogP contribution in [0.4, 0.5) is 27.6 Å². The molecule has 1 aromatic carbocycles. The Labute approximate surface area is 94.4 Å². The first kappa shape index (κ1) is 12.2. The summed E-state index contributed by atoms with van der Waals surface area (Å²) in [7, 11) is 0. The number of rotatable bonds is 1. The second-order valence-corrected chi connectivity index (χ2v) is 3.26. The number of nitrogens with one attached hydrogen (secondary N) is 1. The number of halogens is 5. The summed E-state index contributed by atoms with van der Waals surface area (Å²) in [4.78, 5) is 13.6. The average molecular weight is 267 g/mol. The topological polar surface area (TPSA) is 71.8 Å². The van der Waals surface area contributed by atoms with Gasteiger partial charge in [0.2, 0.25) is 11.6 Å². The molecule has 0 unspecified atom stereocenters. The highest BCUT2D eigenvalue weighted by molar-refractivity contribution is 5.79. The lowest BCUT2D eigenvalue weighted by Crippen LogP contribution is -2.06. The molecule has 0 atom stereocenters. The number of alkyl halides is 3. The van der Waals surface area contributed by atoms with E-state index in [-0.39, 0.29) is 0 Å². The standard InChI is InChI=1S/C8H2F5N3O2/c9-4-3(16(17)18)1-2-6(5(4)10)15-7(14-2)8(11,12)13/h1H,(H,14,15). The van der Waals surface area contributed by atoms with Crippen LogP contribution in [-0.4, -0.2) is 14.9 Å². The van der Waals surface area contributed by atoms with E-state index in [1.807, 2.05) is 0 Å². The van der Waals surface area contributed by atoms with Gasteiger partial charge in [0, 0.05) is 6.07 Å². The van der Waals surface area contributed by atoms with E-state index in [1.54, 1.807) is 4.98 Å². The molecule has 0 radical (unpaired) electrons. The molecule has 0 bridgehead atoms. The first-order chi connectivity index (χ1) is 8.21. The summed E-state index contributed by atoms with van der Waals surface area (Å²) in [6, 6.07) is 0.454. The zero-order chi connectivity index (χ0) is 13.7. The third kappa shape index (κ3) is 1.75. The second kappa shape index (κ2) is 3.62. The highest BCUT2D eigenvalue weighted by atomic mass is 19.4. The monoisotopic (exact) mass is 267 g/mol. The van der Waals surface area contributed by atoms with Crippen molar-refractivity contribution in [2.75, 3.05) is 0 Å². The molecule has 1 heterocycles. The first-order valence-electron chi connectivity index (χ1n) is 4.31. The Kier molecular flexibility index (Phi) is 2.45. The van der Waals surface area contributed by atoms with Gasteiger partial charge in [-0.2, -0.15) is 17.6 Å². The van der Waals surface area contributed by atoms with Crippen LogP contribution in [-0.2, 0) is 6.18 Å². The van der Waals surface area contributed by atoms with Gasteiger partial charge in [0.05, 0.1) is 10.4 Å². The molecule has 10 heteroatoms. The molecule has 0 aliphatic heterocycles. The van der Waals surface area contributed by atoms with Crippen LogP contribution in [0.5, 0.6) is 0 Å². The Morgan fingerprint density at radius 3 is 2.39 bits per heavy atom. The number of hydrogen-bond acceptors (Lipinski definition) is 3. The Hall–Kier alpha value is -2.26. The van der Waals surface area contributed by atoms with Gasteiger partial charge in [0.25, 0.3) is 0 Å². The van der Waals surface area contributed by atoms with Gasteiger partial charge in [-0.1, -0.05) is 0 Å². The lowest BCUT2D eigenvalue weighted by Gasteiger charge is -1.98. The molecule has 0 fully saturated rings. The number of imidazole rings is 1. The van der Waals surface area contributed by atoms with Crippen LogP contribution in [0.3, 0.4) is 0 Å². The molecule has 0 aliphatic rings. The highest BCUT2D eigenvalue weighted by Crippen LogP contribution is 2.32. The lowest BCUT2D eigenvalue weighted by atomic mass is 10.2. The summed E-state index contributed by atoms with van der Waals surface area (Å²) < 4.78 is 63.2. The Balaban J connectivity index is 2.78. The molecule has 5 nitrogen and oxygen atoms in total. The van der Waals surface area contributed by atoms with E-state index in [4.69, 9.17) is 0 Å². The SMILES string of the molecule is O=[N+]([O-])c1cc2[nH]c(C(F)(F)F)nc2c(F)c1F. The van der Waals surface area contributed by atoms with Crippen LogP contribution in [0, 0.1) is 21.7 Å². The molecule has 1 aromatic heterocycles. The fourth-order valence-corrected chi connectivity index (χ4v) is 1.34. The van der Waals surface area contributed by atoms with Crippen molar-refractivity contribution in [3.63, 3.8) is 0 Å². The van der Waals surface area contributed by atoms with Gasteiger partial charge in [-0.15, -0.1) is 0 Å². The average Bonchev–Trinajstić information content (AvgIpc) is 2.66. The molecule has 2 aromatic rings. The summed E-state index contributed by atoms with van der Waals surface area (Å²) in [6.07, 6.45) is -4.89. The molecular formula is C8H2F5N3O2. The second-order valence-electron chi connectivity index (χ2n) is 3.26. The van der Waals surface area contributed by atoms with Crippen molar-refractivity contribution in [3.05, 3.63) is 33.6 Å². The smallest absolute Gasteiger partial charge is 0.334 e. The lowest BCUT2D eigenvalue weighted by molar-refractivity contribution is -0.387. The minimum absolute atomic E-state index is 0.454. The van der Waals surface area contributed by atoms with E-state index >= 15 is 0 Å². The maximum atomic E-state index is 13.3. The maximum absolute atomic E-state index is 13.3. The van der Waals surface area contributed by atoms with E-state index in [0.29, 0.717) is 6.07 Å². The maximum Gasteiger partial charge on any atom is 0.449 e. The van der Waals surface area contributed by atoms with Gasteiger partial charge in [-0.05, 0) is 0 Å². The summed E-state index contributed by atoms with van der Waals surface area (Å²) >= 11 is 0. The van der Waals surface area contributed by atoms with E-state index in [9.17, 15) is 32.1 Å². The molecule has 2 rings (SSSR count). The van der Waals surface area contributed by atoms with Gasteiger partial charge in [-0.25, -0.2) is 9.37 Å². The fraction of sp³-hybridized carbons (Fsp3) is 0.125. The molecular weight excluding hydrogens is 265 g/mol. The van der Waals surface area contributed by atoms with Gasteiger partial charge >= 0.3 is 11.9 Å². The zero-order valence-corrected chi connectivity index (χ0v) is 8.18. The number of fused-ring (bicyclic) bond motifs is 1. The largest absolute Gasteiger partial charge is 0.449 e. The summed E-state index contributed by atoms with van der Waals surface area (Å²) in [5.41, 5.74) is -2.81. The summed E-state index contributed by atoms with van der Waals surface area (Å²) in [6.45, 7) is 0. The highest BCUT2D eigenvalue weighted by Gasteiger charge is 2.36. The number of nitro groups is 1. The van der Waals surface area contributed by atoms with Gasteiger partial charge in [0.15, 0.2) is 5.82 Å². The van der Waals surface area contributed by atoms with Crippen LogP contribution in [0.1, 0.15) is 5.82 Å².